The Balaban J connectivity index is 1.21. The average molecular weight is 785 g/mol. The molecule has 0 spiro atoms. The second-order valence-corrected chi connectivity index (χ2v) is 29.4. The van der Waals surface area contributed by atoms with E-state index in [1.807, 2.05) is 0 Å². The Morgan fingerprint density at radius 1 is 0.414 bits per heavy atom. The van der Waals surface area contributed by atoms with Crippen LogP contribution in [0.15, 0.2) is 146 Å². The van der Waals surface area contributed by atoms with Crippen LogP contribution in [0.3, 0.4) is 0 Å². The number of nitrogens with zero attached hydrogens (tertiary/aromatic N) is 2. The van der Waals surface area contributed by atoms with Crippen LogP contribution in [-0.4, -0.2) is 25.3 Å². The van der Waals surface area contributed by atoms with Crippen molar-refractivity contribution in [1.29, 1.82) is 0 Å². The van der Waals surface area contributed by atoms with Crippen LogP contribution in [0.1, 0.15) is 38.8 Å². The third-order valence-electron chi connectivity index (χ3n) is 14.1. The van der Waals surface area contributed by atoms with E-state index in [0.717, 1.165) is 0 Å². The minimum atomic E-state index is -1.63. The Labute approximate surface area is 344 Å². The number of benzene rings is 7. The fraction of sp³-hybridized carbons (Fsp3) is 0.222. The number of fused-ring (bicyclic) bond motifs is 8. The summed E-state index contributed by atoms with van der Waals surface area (Å²) in [6.45, 7) is 20.1. The predicted molar refractivity (Wildman–Crippen MR) is 256 cm³/mol. The first-order valence-electron chi connectivity index (χ1n) is 21.2. The van der Waals surface area contributed by atoms with Gasteiger partial charge in [-0.25, -0.2) is 0 Å². The first-order chi connectivity index (χ1) is 27.7. The molecule has 2 aliphatic heterocycles. The lowest BCUT2D eigenvalue weighted by atomic mass is 9.85. The Bertz CT molecular complexity index is 3040. The second kappa shape index (κ2) is 12.1. The highest BCUT2D eigenvalue weighted by molar-refractivity contribution is 6.92. The third kappa shape index (κ3) is 5.07. The molecule has 4 heteroatoms. The van der Waals surface area contributed by atoms with Crippen molar-refractivity contribution in [2.24, 2.45) is 0 Å². The summed E-state index contributed by atoms with van der Waals surface area (Å²) >= 11 is 0. The van der Waals surface area contributed by atoms with E-state index in [2.05, 4.69) is 209 Å². The summed E-state index contributed by atoms with van der Waals surface area (Å²) in [6, 6.07) is 58.5. The van der Waals surface area contributed by atoms with Crippen LogP contribution in [0.2, 0.25) is 38.3 Å². The van der Waals surface area contributed by atoms with Gasteiger partial charge < -0.3 is 9.13 Å². The normalized spacial score (nSPS) is 17.4. The van der Waals surface area contributed by atoms with Crippen molar-refractivity contribution < 1.29 is 0 Å². The van der Waals surface area contributed by atoms with E-state index in [9.17, 15) is 0 Å². The van der Waals surface area contributed by atoms with E-state index in [1.165, 1.54) is 89.3 Å². The Morgan fingerprint density at radius 3 is 1.34 bits per heavy atom. The molecule has 0 aliphatic carbocycles. The summed E-state index contributed by atoms with van der Waals surface area (Å²) in [5.41, 5.74) is 16.1. The summed E-state index contributed by atoms with van der Waals surface area (Å²) in [5, 5.41) is 8.35. The zero-order valence-electron chi connectivity index (χ0n) is 35.2. The predicted octanol–water partition coefficient (Wildman–Crippen LogP) is 13.6. The molecule has 4 heterocycles. The molecule has 2 aromatic heterocycles. The molecule has 2 nitrogen and oxygen atoms in total. The van der Waals surface area contributed by atoms with Crippen LogP contribution < -0.4 is 10.4 Å². The highest BCUT2D eigenvalue weighted by Gasteiger charge is 2.44. The Morgan fingerprint density at radius 2 is 0.845 bits per heavy atom. The summed E-state index contributed by atoms with van der Waals surface area (Å²) in [4.78, 5) is 0. The van der Waals surface area contributed by atoms with Crippen LogP contribution in [0.4, 0.5) is 0 Å². The number of rotatable bonds is 4. The molecule has 0 radical (unpaired) electrons. The van der Waals surface area contributed by atoms with Gasteiger partial charge in [-0.05, 0) is 81.6 Å². The van der Waals surface area contributed by atoms with Crippen molar-refractivity contribution in [3.05, 3.63) is 157 Å². The van der Waals surface area contributed by atoms with Crippen LogP contribution in [0.5, 0.6) is 0 Å². The van der Waals surface area contributed by atoms with Crippen molar-refractivity contribution in [3.8, 4) is 33.6 Å². The highest BCUT2D eigenvalue weighted by Crippen LogP contribution is 2.46. The molecular formula is C54H52N2Si2. The molecule has 0 N–H and O–H groups in total. The van der Waals surface area contributed by atoms with E-state index < -0.39 is 16.1 Å². The molecule has 0 bridgehead atoms. The first-order valence-corrected chi connectivity index (χ1v) is 27.6. The van der Waals surface area contributed by atoms with Gasteiger partial charge in [0.05, 0.1) is 43.9 Å². The van der Waals surface area contributed by atoms with Gasteiger partial charge in [-0.15, -0.1) is 0 Å². The minimum absolute atomic E-state index is 0.212. The number of aromatic nitrogens is 2. The van der Waals surface area contributed by atoms with Crippen molar-refractivity contribution in [2.45, 2.75) is 76.8 Å². The summed E-state index contributed by atoms with van der Waals surface area (Å²) < 4.78 is 5.05. The maximum Gasteiger partial charge on any atom is 0.0819 e. The van der Waals surface area contributed by atoms with E-state index in [0.29, 0.717) is 0 Å². The van der Waals surface area contributed by atoms with Gasteiger partial charge in [-0.2, -0.15) is 0 Å². The molecule has 11 rings (SSSR count). The van der Waals surface area contributed by atoms with Gasteiger partial charge in [0.1, 0.15) is 0 Å². The number of para-hydroxylation sites is 4. The van der Waals surface area contributed by atoms with Gasteiger partial charge in [0, 0.05) is 38.4 Å². The van der Waals surface area contributed by atoms with Crippen LogP contribution in [0, 0.1) is 0 Å². The van der Waals surface area contributed by atoms with Gasteiger partial charge >= 0.3 is 0 Å². The largest absolute Gasteiger partial charge is 0.309 e. The second-order valence-electron chi connectivity index (χ2n) is 20.0. The van der Waals surface area contributed by atoms with E-state index >= 15 is 0 Å². The molecule has 0 unspecified atom stereocenters. The lowest BCUT2D eigenvalue weighted by molar-refractivity contribution is 0.598. The standard InChI is InChI=1S/C54H52N2Si2/c1-53(2)33-57(5,6)50-30-35(24-27-44(50)53)38-19-15-20-39(36-25-28-45-51(31-36)58(7,8)34-54(45,3)4)52(38)56-48-23-14-11-18-42(48)43-32-37(26-29-49(43)56)55-46-21-12-9-16-40(46)41-17-10-13-22-47(41)55/h9-32H,33-34H2,1-8H3. The van der Waals surface area contributed by atoms with Crippen LogP contribution in [0.25, 0.3) is 77.2 Å². The third-order valence-corrected chi connectivity index (χ3v) is 21.4. The number of hydrogen-bond acceptors (Lipinski definition) is 0. The molecule has 0 saturated heterocycles. The molecule has 286 valence electrons. The maximum atomic E-state index is 2.60. The zero-order valence-corrected chi connectivity index (χ0v) is 37.2. The van der Waals surface area contributed by atoms with Crippen molar-refractivity contribution in [3.63, 3.8) is 0 Å². The minimum Gasteiger partial charge on any atom is -0.309 e. The Hall–Kier alpha value is -5.43. The molecule has 2 aliphatic rings. The maximum absolute atomic E-state index is 2.60. The quantitative estimate of drug-likeness (QED) is 0.157. The van der Waals surface area contributed by atoms with Gasteiger partial charge in [0.25, 0.3) is 0 Å². The first kappa shape index (κ1) is 35.7. The molecule has 9 aromatic rings. The SMILES string of the molecule is CC1(C)C[Si](C)(C)c2cc(-c3cccc(-c4ccc5c(c4)[Si](C)(C)CC5(C)C)c3-n3c4ccccc4c4cc(-n5c6ccccc6c6ccccc65)ccc43)ccc21. The Kier molecular flexibility index (Phi) is 7.43. The van der Waals surface area contributed by atoms with Crippen molar-refractivity contribution in [1.82, 2.24) is 9.13 Å². The molecule has 0 atom stereocenters. The fourth-order valence-electron chi connectivity index (χ4n) is 12.1. The molecular weight excluding hydrogens is 733 g/mol. The molecule has 0 fully saturated rings. The molecule has 0 saturated carbocycles. The van der Waals surface area contributed by atoms with Gasteiger partial charge in [-0.3, -0.25) is 0 Å². The summed E-state index contributed by atoms with van der Waals surface area (Å²) in [6.07, 6.45) is 0. The number of hydrogen-bond donors (Lipinski definition) is 0. The van der Waals surface area contributed by atoms with Crippen molar-refractivity contribution in [2.75, 3.05) is 0 Å². The molecule has 7 aromatic carbocycles. The van der Waals surface area contributed by atoms with Crippen LogP contribution in [-0.2, 0) is 10.8 Å². The fourth-order valence-corrected chi connectivity index (χ4v) is 20.7. The van der Waals surface area contributed by atoms with Crippen molar-refractivity contribution >= 4 is 70.1 Å². The lowest BCUT2D eigenvalue weighted by Crippen LogP contribution is -2.37. The summed E-state index contributed by atoms with van der Waals surface area (Å²) in [5.74, 6) is 0. The lowest BCUT2D eigenvalue weighted by Gasteiger charge is -2.22. The molecule has 58 heavy (non-hydrogen) atoms. The van der Waals surface area contributed by atoms with Gasteiger partial charge in [0.2, 0.25) is 0 Å². The topological polar surface area (TPSA) is 9.86 Å². The van der Waals surface area contributed by atoms with Gasteiger partial charge in [0.15, 0.2) is 0 Å². The highest BCUT2D eigenvalue weighted by atomic mass is 28.3. The van der Waals surface area contributed by atoms with E-state index in [-0.39, 0.29) is 10.8 Å². The van der Waals surface area contributed by atoms with Crippen LogP contribution >= 0.6 is 0 Å². The average Bonchev–Trinajstić information content (AvgIpc) is 3.83. The zero-order chi connectivity index (χ0) is 39.9. The van der Waals surface area contributed by atoms with E-state index in [1.54, 1.807) is 21.5 Å². The monoisotopic (exact) mass is 784 g/mol. The van der Waals surface area contributed by atoms with E-state index in [4.69, 9.17) is 0 Å². The smallest absolute Gasteiger partial charge is 0.0819 e. The molecule has 0 amide bonds. The summed E-state index contributed by atoms with van der Waals surface area (Å²) in [7, 11) is -3.25. The van der Waals surface area contributed by atoms with Gasteiger partial charge in [-0.1, -0.05) is 173 Å².